The lowest BCUT2D eigenvalue weighted by Crippen LogP contribution is -2.28. The van der Waals surface area contributed by atoms with Gasteiger partial charge in [0.05, 0.1) is 0 Å². The van der Waals surface area contributed by atoms with Crippen molar-refractivity contribution in [3.8, 4) is 11.8 Å². The minimum Gasteiger partial charge on any atom is -0.342 e. The first-order chi connectivity index (χ1) is 8.50. The Balaban J connectivity index is 2.63. The Labute approximate surface area is 107 Å². The topological polar surface area (TPSA) is 37.4 Å². The normalized spacial score (nSPS) is 9.72. The van der Waals surface area contributed by atoms with E-state index in [0.29, 0.717) is 0 Å². The van der Waals surface area contributed by atoms with Gasteiger partial charge >= 0.3 is 0 Å². The van der Waals surface area contributed by atoms with Gasteiger partial charge in [-0.3, -0.25) is 9.59 Å². The maximum Gasteiger partial charge on any atom is 0.293 e. The number of aryl methyl sites for hydroxylation is 1. The summed E-state index contributed by atoms with van der Waals surface area (Å²) >= 11 is 0. The number of carbonyl (C=O) groups is 2. The van der Waals surface area contributed by atoms with Crippen molar-refractivity contribution in [3.63, 3.8) is 0 Å². The van der Waals surface area contributed by atoms with Gasteiger partial charge in [0.1, 0.15) is 0 Å². The van der Waals surface area contributed by atoms with Crippen molar-refractivity contribution in [3.05, 3.63) is 47.5 Å². The van der Waals surface area contributed by atoms with Gasteiger partial charge in [0.15, 0.2) is 0 Å². The molecule has 0 N–H and O–H groups in total. The number of likely N-dealkylation sites (N-methyl/N-ethyl adjacent to an activating group) is 1. The average Bonchev–Trinajstić information content (AvgIpc) is 2.35. The number of nitrogens with zero attached hydrogens (tertiary/aromatic N) is 1. The summed E-state index contributed by atoms with van der Waals surface area (Å²) in [7, 11) is 3.07. The number of carbonyl (C=O) groups excluding carboxylic acids is 2. The maximum atomic E-state index is 11.3. The molecule has 92 valence electrons. The summed E-state index contributed by atoms with van der Waals surface area (Å²) in [5.74, 6) is 4.48. The van der Waals surface area contributed by atoms with Crippen molar-refractivity contribution in [1.82, 2.24) is 4.90 Å². The molecule has 1 aromatic carbocycles. The monoisotopic (exact) mass is 241 g/mol. The molecule has 0 atom stereocenters. The molecule has 0 spiro atoms. The van der Waals surface area contributed by atoms with Crippen LogP contribution in [0.15, 0.2) is 36.4 Å². The van der Waals surface area contributed by atoms with Gasteiger partial charge in [0.2, 0.25) is 5.78 Å². The molecule has 0 radical (unpaired) electrons. The van der Waals surface area contributed by atoms with Crippen LogP contribution in [0.5, 0.6) is 0 Å². The lowest BCUT2D eigenvalue weighted by molar-refractivity contribution is -0.140. The molecule has 18 heavy (non-hydrogen) atoms. The van der Waals surface area contributed by atoms with Crippen LogP contribution in [-0.2, 0) is 9.59 Å². The number of rotatable bonds is 2. The fourth-order valence-electron chi connectivity index (χ4n) is 1.17. The van der Waals surface area contributed by atoms with Crippen LogP contribution in [-0.4, -0.2) is 30.7 Å². The molecule has 0 saturated carbocycles. The van der Waals surface area contributed by atoms with E-state index in [0.717, 1.165) is 5.56 Å². The van der Waals surface area contributed by atoms with Crippen LogP contribution in [0.3, 0.4) is 0 Å². The van der Waals surface area contributed by atoms with Crippen molar-refractivity contribution in [2.75, 3.05) is 14.1 Å². The Kier molecular flexibility index (Phi) is 4.89. The first kappa shape index (κ1) is 13.7. The molecular formula is C15H15NO2. The summed E-state index contributed by atoms with van der Waals surface area (Å²) < 4.78 is 0. The molecule has 0 unspecified atom stereocenters. The third-order valence-electron chi connectivity index (χ3n) is 2.20. The highest BCUT2D eigenvalue weighted by Gasteiger charge is 2.10. The van der Waals surface area contributed by atoms with Gasteiger partial charge in [-0.2, -0.15) is 0 Å². The van der Waals surface area contributed by atoms with E-state index in [1.807, 2.05) is 31.2 Å². The number of hydrogen-bond donors (Lipinski definition) is 0. The summed E-state index contributed by atoms with van der Waals surface area (Å²) in [5, 5.41) is 0. The summed E-state index contributed by atoms with van der Waals surface area (Å²) in [6, 6.07) is 7.74. The predicted octanol–water partition coefficient (Wildman–Crippen LogP) is 1.56. The highest BCUT2D eigenvalue weighted by molar-refractivity contribution is 6.40. The molecule has 3 nitrogen and oxygen atoms in total. The molecule has 0 bridgehead atoms. The number of allylic oxidation sites excluding steroid dienone is 1. The van der Waals surface area contributed by atoms with Crippen LogP contribution in [0.4, 0.5) is 0 Å². The molecule has 0 aromatic heterocycles. The zero-order chi connectivity index (χ0) is 13.5. The van der Waals surface area contributed by atoms with Gasteiger partial charge in [-0.1, -0.05) is 29.5 Å². The van der Waals surface area contributed by atoms with Gasteiger partial charge in [-0.05, 0) is 31.2 Å². The van der Waals surface area contributed by atoms with E-state index in [9.17, 15) is 9.59 Å². The lowest BCUT2D eigenvalue weighted by atomic mass is 10.1. The van der Waals surface area contributed by atoms with Crippen molar-refractivity contribution in [2.24, 2.45) is 0 Å². The molecule has 1 rings (SSSR count). The van der Waals surface area contributed by atoms with Crippen molar-refractivity contribution < 1.29 is 9.59 Å². The fourth-order valence-corrected chi connectivity index (χ4v) is 1.17. The first-order valence-corrected chi connectivity index (χ1v) is 5.51. The highest BCUT2D eigenvalue weighted by Crippen LogP contribution is 2.00. The van der Waals surface area contributed by atoms with Crippen molar-refractivity contribution in [2.45, 2.75) is 6.92 Å². The number of benzene rings is 1. The molecule has 0 aliphatic rings. The van der Waals surface area contributed by atoms with E-state index in [1.54, 1.807) is 0 Å². The molecule has 0 saturated heterocycles. The number of hydrogen-bond acceptors (Lipinski definition) is 2. The zero-order valence-corrected chi connectivity index (χ0v) is 10.7. The quantitative estimate of drug-likeness (QED) is 0.447. The largest absolute Gasteiger partial charge is 0.342 e. The van der Waals surface area contributed by atoms with E-state index in [1.165, 1.54) is 36.7 Å². The minimum atomic E-state index is -0.571. The van der Waals surface area contributed by atoms with Gasteiger partial charge in [0.25, 0.3) is 5.91 Å². The highest BCUT2D eigenvalue weighted by atomic mass is 16.2. The van der Waals surface area contributed by atoms with Crippen LogP contribution in [0, 0.1) is 18.8 Å². The van der Waals surface area contributed by atoms with Crippen LogP contribution in [0.25, 0.3) is 0 Å². The Morgan fingerprint density at radius 1 is 1.17 bits per heavy atom. The zero-order valence-electron chi connectivity index (χ0n) is 10.7. The van der Waals surface area contributed by atoms with Crippen LogP contribution < -0.4 is 0 Å². The van der Waals surface area contributed by atoms with E-state index in [-0.39, 0.29) is 0 Å². The Bertz CT molecular complexity index is 528. The lowest BCUT2D eigenvalue weighted by Gasteiger charge is -2.05. The fraction of sp³-hybridized carbons (Fsp3) is 0.200. The maximum absolute atomic E-state index is 11.3. The SMILES string of the molecule is Cc1ccc(C#C/C=C/C(=O)C(=O)N(C)C)cc1. The van der Waals surface area contributed by atoms with Crippen molar-refractivity contribution in [1.29, 1.82) is 0 Å². The van der Waals surface area contributed by atoms with E-state index >= 15 is 0 Å². The number of amides is 1. The summed E-state index contributed by atoms with van der Waals surface area (Å²) in [4.78, 5) is 23.8. The molecule has 0 aliphatic heterocycles. The van der Waals surface area contributed by atoms with Gasteiger partial charge in [-0.25, -0.2) is 0 Å². The molecule has 1 aromatic rings. The summed E-state index contributed by atoms with van der Waals surface area (Å²) in [6.07, 6.45) is 2.58. The first-order valence-electron chi connectivity index (χ1n) is 5.51. The van der Waals surface area contributed by atoms with Crippen LogP contribution in [0.1, 0.15) is 11.1 Å². The Hall–Kier alpha value is -2.34. The van der Waals surface area contributed by atoms with Gasteiger partial charge < -0.3 is 4.90 Å². The smallest absolute Gasteiger partial charge is 0.293 e. The molecule has 1 amide bonds. The third kappa shape index (κ3) is 4.26. The van der Waals surface area contributed by atoms with Crippen molar-refractivity contribution >= 4 is 11.7 Å². The number of ketones is 1. The summed E-state index contributed by atoms with van der Waals surface area (Å²) in [5.41, 5.74) is 2.04. The second-order valence-electron chi connectivity index (χ2n) is 4.03. The molecule has 0 heterocycles. The third-order valence-corrected chi connectivity index (χ3v) is 2.20. The minimum absolute atomic E-state index is 0.552. The molecule has 3 heteroatoms. The second-order valence-corrected chi connectivity index (χ2v) is 4.03. The average molecular weight is 241 g/mol. The molecular weight excluding hydrogens is 226 g/mol. The Morgan fingerprint density at radius 3 is 2.33 bits per heavy atom. The van der Waals surface area contributed by atoms with E-state index in [2.05, 4.69) is 11.8 Å². The van der Waals surface area contributed by atoms with E-state index in [4.69, 9.17) is 0 Å². The molecule has 0 aliphatic carbocycles. The molecule has 0 fully saturated rings. The van der Waals surface area contributed by atoms with E-state index < -0.39 is 11.7 Å². The summed E-state index contributed by atoms with van der Waals surface area (Å²) in [6.45, 7) is 2.00. The second kappa shape index (κ2) is 6.41. The van der Waals surface area contributed by atoms with Gasteiger partial charge in [0, 0.05) is 19.7 Å². The van der Waals surface area contributed by atoms with Gasteiger partial charge in [-0.15, -0.1) is 0 Å². The van der Waals surface area contributed by atoms with Crippen LogP contribution in [0.2, 0.25) is 0 Å². The van der Waals surface area contributed by atoms with Crippen LogP contribution >= 0.6 is 0 Å². The standard InChI is InChI=1S/C15H15NO2/c1-12-8-10-13(11-9-12)6-4-5-7-14(17)15(18)16(2)3/h5,7-11H,1-3H3/b7-5+. The Morgan fingerprint density at radius 2 is 1.78 bits per heavy atom. The predicted molar refractivity (Wildman–Crippen MR) is 70.9 cm³/mol.